The average molecular weight is 200 g/mol. The third-order valence-electron chi connectivity index (χ3n) is 1.74. The molecule has 0 fully saturated rings. The van der Waals surface area contributed by atoms with Crippen molar-refractivity contribution in [3.05, 3.63) is 33.2 Å². The van der Waals surface area contributed by atoms with Crippen molar-refractivity contribution in [2.45, 2.75) is 13.0 Å². The molecule has 0 unspecified atom stereocenters. The molecule has 14 heavy (non-hydrogen) atoms. The predicted octanol–water partition coefficient (Wildman–Crippen LogP) is 0.676. The number of nitriles is 1. The highest BCUT2D eigenvalue weighted by Gasteiger charge is 2.17. The van der Waals surface area contributed by atoms with Crippen LogP contribution in [0.1, 0.15) is 23.1 Å². The number of aromatic nitrogens is 1. The van der Waals surface area contributed by atoms with E-state index in [1.54, 1.807) is 0 Å². The van der Waals surface area contributed by atoms with Gasteiger partial charge in [-0.15, -0.1) is 0 Å². The number of aliphatic hydroxyl groups excluding tert-OH is 1. The topological polar surface area (TPSA) is 76.9 Å². The summed E-state index contributed by atoms with van der Waals surface area (Å²) in [7, 11) is 0. The first-order chi connectivity index (χ1) is 6.61. The number of nitrogens with one attached hydrogen (secondary N) is 1. The number of halogens is 2. The number of pyridine rings is 1. The third-order valence-corrected chi connectivity index (χ3v) is 1.74. The van der Waals surface area contributed by atoms with Crippen molar-refractivity contribution in [2.75, 3.05) is 0 Å². The number of rotatable bonds is 2. The van der Waals surface area contributed by atoms with Gasteiger partial charge in [0.15, 0.2) is 0 Å². The summed E-state index contributed by atoms with van der Waals surface area (Å²) >= 11 is 0. The van der Waals surface area contributed by atoms with Gasteiger partial charge in [-0.3, -0.25) is 4.79 Å². The van der Waals surface area contributed by atoms with Gasteiger partial charge >= 0.3 is 0 Å². The van der Waals surface area contributed by atoms with Crippen LogP contribution in [0, 0.1) is 11.3 Å². The van der Waals surface area contributed by atoms with E-state index in [9.17, 15) is 13.6 Å². The number of hydrogen-bond acceptors (Lipinski definition) is 3. The third kappa shape index (κ3) is 1.63. The fraction of sp³-hybridized carbons (Fsp3) is 0.250. The minimum atomic E-state index is -2.83. The SMILES string of the molecule is N#Cc1c(CO)c(C(F)F)c[nH]c1=O. The van der Waals surface area contributed by atoms with Gasteiger partial charge in [-0.25, -0.2) is 8.78 Å². The lowest BCUT2D eigenvalue weighted by molar-refractivity contribution is 0.146. The van der Waals surface area contributed by atoms with Gasteiger partial charge in [0.2, 0.25) is 0 Å². The van der Waals surface area contributed by atoms with E-state index in [2.05, 4.69) is 0 Å². The Kier molecular flexibility index (Phi) is 2.94. The fourth-order valence-electron chi connectivity index (χ4n) is 1.07. The summed E-state index contributed by atoms with van der Waals surface area (Å²) in [6.07, 6.45) is -2.03. The number of aromatic amines is 1. The minimum Gasteiger partial charge on any atom is -0.392 e. The Bertz CT molecular complexity index is 434. The lowest BCUT2D eigenvalue weighted by Gasteiger charge is -2.06. The number of alkyl halides is 2. The van der Waals surface area contributed by atoms with Crippen molar-refractivity contribution in [1.82, 2.24) is 4.98 Å². The van der Waals surface area contributed by atoms with Crippen molar-refractivity contribution < 1.29 is 13.9 Å². The number of H-pyrrole nitrogens is 1. The highest BCUT2D eigenvalue weighted by Crippen LogP contribution is 2.22. The van der Waals surface area contributed by atoms with Crippen molar-refractivity contribution in [3.63, 3.8) is 0 Å². The number of aliphatic hydroxyl groups is 1. The molecule has 6 heteroatoms. The van der Waals surface area contributed by atoms with Gasteiger partial charge in [-0.05, 0) is 0 Å². The first kappa shape index (κ1) is 10.3. The molecule has 0 atom stereocenters. The maximum absolute atomic E-state index is 12.3. The van der Waals surface area contributed by atoms with Crippen LogP contribution in [0.15, 0.2) is 11.0 Å². The van der Waals surface area contributed by atoms with Gasteiger partial charge in [0.05, 0.1) is 6.61 Å². The van der Waals surface area contributed by atoms with Gasteiger partial charge in [0, 0.05) is 17.3 Å². The number of hydrogen-bond donors (Lipinski definition) is 2. The van der Waals surface area contributed by atoms with E-state index in [0.29, 0.717) is 0 Å². The molecule has 1 heterocycles. The zero-order valence-electron chi connectivity index (χ0n) is 6.92. The van der Waals surface area contributed by atoms with Gasteiger partial charge < -0.3 is 10.1 Å². The normalized spacial score (nSPS) is 10.2. The molecule has 2 N–H and O–H groups in total. The Morgan fingerprint density at radius 2 is 2.29 bits per heavy atom. The lowest BCUT2D eigenvalue weighted by atomic mass is 10.1. The molecule has 0 aliphatic carbocycles. The second-order valence-corrected chi connectivity index (χ2v) is 2.50. The summed E-state index contributed by atoms with van der Waals surface area (Å²) in [4.78, 5) is 13.0. The van der Waals surface area contributed by atoms with Crippen molar-refractivity contribution >= 4 is 0 Å². The second kappa shape index (κ2) is 3.98. The van der Waals surface area contributed by atoms with Crippen molar-refractivity contribution in [2.24, 2.45) is 0 Å². The van der Waals surface area contributed by atoms with Crippen LogP contribution in [0.3, 0.4) is 0 Å². The van der Waals surface area contributed by atoms with E-state index < -0.39 is 29.7 Å². The monoisotopic (exact) mass is 200 g/mol. The Balaban J connectivity index is 3.51. The minimum absolute atomic E-state index is 0.314. The van der Waals surface area contributed by atoms with Crippen LogP contribution in [-0.4, -0.2) is 10.1 Å². The molecule has 0 aliphatic rings. The van der Waals surface area contributed by atoms with Crippen molar-refractivity contribution in [3.8, 4) is 6.07 Å². The standard InChI is InChI=1S/C8H6F2N2O2/c9-7(10)5-2-12-8(14)4(1-11)6(5)3-13/h2,7,13H,3H2,(H,12,14). The van der Waals surface area contributed by atoms with Crippen LogP contribution in [0.4, 0.5) is 8.78 Å². The summed E-state index contributed by atoms with van der Waals surface area (Å²) in [5.74, 6) is 0. The lowest BCUT2D eigenvalue weighted by Crippen LogP contribution is -2.15. The molecule has 0 saturated carbocycles. The Labute approximate surface area is 77.4 Å². The molecular formula is C8H6F2N2O2. The Hall–Kier alpha value is -1.74. The first-order valence-electron chi connectivity index (χ1n) is 3.65. The van der Waals surface area contributed by atoms with E-state index in [-0.39, 0.29) is 5.56 Å². The molecule has 0 aliphatic heterocycles. The summed E-state index contributed by atoms with van der Waals surface area (Å²) in [6, 6.07) is 1.47. The quantitative estimate of drug-likeness (QED) is 0.736. The highest BCUT2D eigenvalue weighted by atomic mass is 19.3. The average Bonchev–Trinajstić information content (AvgIpc) is 2.16. The molecule has 0 saturated heterocycles. The summed E-state index contributed by atoms with van der Waals surface area (Å²) in [5, 5.41) is 17.3. The summed E-state index contributed by atoms with van der Waals surface area (Å²) in [5.41, 5.74) is -2.08. The van der Waals surface area contributed by atoms with Crippen LogP contribution in [0.2, 0.25) is 0 Å². The van der Waals surface area contributed by atoms with E-state index in [1.165, 1.54) is 6.07 Å². The summed E-state index contributed by atoms with van der Waals surface area (Å²) < 4.78 is 24.6. The fourth-order valence-corrected chi connectivity index (χ4v) is 1.07. The van der Waals surface area contributed by atoms with Crippen LogP contribution < -0.4 is 5.56 Å². The van der Waals surface area contributed by atoms with Gasteiger partial charge in [0.1, 0.15) is 11.6 Å². The zero-order valence-corrected chi connectivity index (χ0v) is 6.92. The van der Waals surface area contributed by atoms with E-state index in [1.807, 2.05) is 4.98 Å². The van der Waals surface area contributed by atoms with Gasteiger partial charge in [-0.2, -0.15) is 5.26 Å². The predicted molar refractivity (Wildman–Crippen MR) is 42.7 cm³/mol. The molecule has 1 rings (SSSR count). The molecule has 0 radical (unpaired) electrons. The van der Waals surface area contributed by atoms with Crippen LogP contribution >= 0.6 is 0 Å². The maximum Gasteiger partial charge on any atom is 0.266 e. The van der Waals surface area contributed by atoms with E-state index in [0.717, 1.165) is 6.20 Å². The Morgan fingerprint density at radius 1 is 1.64 bits per heavy atom. The van der Waals surface area contributed by atoms with E-state index >= 15 is 0 Å². The molecule has 4 nitrogen and oxygen atoms in total. The van der Waals surface area contributed by atoms with Crippen LogP contribution in [0.5, 0.6) is 0 Å². The van der Waals surface area contributed by atoms with Crippen LogP contribution in [0.25, 0.3) is 0 Å². The maximum atomic E-state index is 12.3. The summed E-state index contributed by atoms with van der Waals surface area (Å²) in [6.45, 7) is -0.757. The zero-order chi connectivity index (χ0) is 10.7. The molecule has 0 amide bonds. The molecule has 0 spiro atoms. The highest BCUT2D eigenvalue weighted by molar-refractivity contribution is 5.40. The van der Waals surface area contributed by atoms with Gasteiger partial charge in [-0.1, -0.05) is 0 Å². The largest absolute Gasteiger partial charge is 0.392 e. The molecule has 1 aromatic heterocycles. The first-order valence-corrected chi connectivity index (χ1v) is 3.65. The second-order valence-electron chi connectivity index (χ2n) is 2.50. The van der Waals surface area contributed by atoms with Gasteiger partial charge in [0.25, 0.3) is 12.0 Å². The van der Waals surface area contributed by atoms with Crippen LogP contribution in [-0.2, 0) is 6.61 Å². The molecule has 0 bridgehead atoms. The number of nitrogens with zero attached hydrogens (tertiary/aromatic N) is 1. The molecular weight excluding hydrogens is 194 g/mol. The molecule has 1 aromatic rings. The smallest absolute Gasteiger partial charge is 0.266 e. The molecule has 0 aromatic carbocycles. The van der Waals surface area contributed by atoms with Crippen molar-refractivity contribution in [1.29, 1.82) is 5.26 Å². The molecule has 74 valence electrons. The Morgan fingerprint density at radius 3 is 2.71 bits per heavy atom. The van der Waals surface area contributed by atoms with E-state index in [4.69, 9.17) is 10.4 Å².